The van der Waals surface area contributed by atoms with Gasteiger partial charge in [-0.25, -0.2) is 9.38 Å². The van der Waals surface area contributed by atoms with Crippen LogP contribution in [0.2, 0.25) is 0 Å². The summed E-state index contributed by atoms with van der Waals surface area (Å²) in [6, 6.07) is 23.7. The average Bonchev–Trinajstić information content (AvgIpc) is 3.03. The highest BCUT2D eigenvalue weighted by Gasteiger charge is 2.23. The van der Waals surface area contributed by atoms with Crippen LogP contribution in [-0.4, -0.2) is 11.1 Å². The molecule has 27 heavy (non-hydrogen) atoms. The molecule has 0 spiro atoms. The van der Waals surface area contributed by atoms with E-state index in [0.29, 0.717) is 10.1 Å². The van der Waals surface area contributed by atoms with E-state index in [1.807, 2.05) is 60.7 Å². The number of carbonyl (C=O) groups is 1. The summed E-state index contributed by atoms with van der Waals surface area (Å²) in [5.41, 5.74) is 3.65. The molecule has 0 unspecified atom stereocenters. The fourth-order valence-electron chi connectivity index (χ4n) is 2.67. The zero-order valence-corrected chi connectivity index (χ0v) is 15.0. The van der Waals surface area contributed by atoms with Crippen LogP contribution in [-0.2, 0) is 4.79 Å². The number of amides is 1. The molecule has 0 radical (unpaired) electrons. The van der Waals surface area contributed by atoms with Gasteiger partial charge >= 0.3 is 0 Å². The molecule has 1 aliphatic heterocycles. The zero-order chi connectivity index (χ0) is 18.6. The van der Waals surface area contributed by atoms with Crippen LogP contribution in [0.5, 0.6) is 0 Å². The standard InChI is InChI=1S/C22H15FN2OS/c23-18-12-10-17(11-13-18)16-8-6-15(7-9-16)14-20-21(26)25-22(27-20)24-19-4-2-1-3-5-19/h1-14H,(H,24,25,26). The first-order chi connectivity index (χ1) is 13.2. The third-order valence-corrected chi connectivity index (χ3v) is 4.93. The van der Waals surface area contributed by atoms with Crippen LogP contribution >= 0.6 is 11.8 Å². The molecule has 1 heterocycles. The molecule has 0 saturated carbocycles. The second-order valence-corrected chi connectivity index (χ2v) is 6.98. The Labute approximate surface area is 160 Å². The number of aliphatic imine (C=N–C) groups is 1. The van der Waals surface area contributed by atoms with Gasteiger partial charge in [-0.2, -0.15) is 0 Å². The molecule has 1 fully saturated rings. The number of thioether (sulfide) groups is 1. The SMILES string of the molecule is O=C1NC(=Nc2ccccc2)SC1=Cc1ccc(-c2ccc(F)cc2)cc1. The van der Waals surface area contributed by atoms with E-state index < -0.39 is 0 Å². The minimum Gasteiger partial charge on any atom is -0.300 e. The zero-order valence-electron chi connectivity index (χ0n) is 14.2. The van der Waals surface area contributed by atoms with Crippen LogP contribution in [0.25, 0.3) is 17.2 Å². The van der Waals surface area contributed by atoms with Crippen LogP contribution in [0.15, 0.2) is 88.8 Å². The van der Waals surface area contributed by atoms with Crippen LogP contribution in [0, 0.1) is 5.82 Å². The summed E-state index contributed by atoms with van der Waals surface area (Å²) in [6.07, 6.45) is 1.84. The molecule has 0 aliphatic carbocycles. The summed E-state index contributed by atoms with van der Waals surface area (Å²) in [7, 11) is 0. The van der Waals surface area contributed by atoms with Crippen molar-refractivity contribution in [1.82, 2.24) is 5.32 Å². The molecule has 4 rings (SSSR count). The Bertz CT molecular complexity index is 1030. The minimum absolute atomic E-state index is 0.155. The molecule has 5 heteroatoms. The van der Waals surface area contributed by atoms with E-state index in [2.05, 4.69) is 10.3 Å². The first-order valence-corrected chi connectivity index (χ1v) is 9.20. The number of nitrogens with zero attached hydrogens (tertiary/aromatic N) is 1. The Kier molecular flexibility index (Phi) is 4.85. The first kappa shape index (κ1) is 17.2. The first-order valence-electron chi connectivity index (χ1n) is 8.38. The Hall–Kier alpha value is -3.18. The molecule has 1 saturated heterocycles. The van der Waals surface area contributed by atoms with Gasteiger partial charge in [-0.1, -0.05) is 54.6 Å². The fourth-order valence-corrected chi connectivity index (χ4v) is 3.51. The van der Waals surface area contributed by atoms with Crippen molar-refractivity contribution in [3.63, 3.8) is 0 Å². The van der Waals surface area contributed by atoms with Gasteiger partial charge in [-0.15, -0.1) is 0 Å². The fraction of sp³-hybridized carbons (Fsp3) is 0. The molecular weight excluding hydrogens is 359 g/mol. The molecule has 0 aromatic heterocycles. The Morgan fingerprint density at radius 3 is 2.15 bits per heavy atom. The topological polar surface area (TPSA) is 41.5 Å². The van der Waals surface area contributed by atoms with Crippen LogP contribution < -0.4 is 5.32 Å². The third-order valence-electron chi connectivity index (χ3n) is 4.02. The summed E-state index contributed by atoms with van der Waals surface area (Å²) >= 11 is 1.32. The third kappa shape index (κ3) is 4.15. The Morgan fingerprint density at radius 1 is 0.852 bits per heavy atom. The highest BCUT2D eigenvalue weighted by atomic mass is 32.2. The number of amidine groups is 1. The Morgan fingerprint density at radius 2 is 1.48 bits per heavy atom. The summed E-state index contributed by atoms with van der Waals surface area (Å²) < 4.78 is 13.0. The molecule has 132 valence electrons. The lowest BCUT2D eigenvalue weighted by atomic mass is 10.0. The smallest absolute Gasteiger partial charge is 0.264 e. The molecule has 3 aromatic rings. The molecule has 0 bridgehead atoms. The second kappa shape index (κ2) is 7.60. The number of hydrogen-bond acceptors (Lipinski definition) is 3. The quantitative estimate of drug-likeness (QED) is 0.625. The van der Waals surface area contributed by atoms with Gasteiger partial charge in [0.25, 0.3) is 5.91 Å². The lowest BCUT2D eigenvalue weighted by molar-refractivity contribution is -0.115. The average molecular weight is 374 g/mol. The van der Waals surface area contributed by atoms with Crippen LogP contribution in [0.4, 0.5) is 10.1 Å². The van der Waals surface area contributed by atoms with Gasteiger partial charge in [-0.3, -0.25) is 4.79 Å². The van der Waals surface area contributed by atoms with Crippen molar-refractivity contribution in [3.05, 3.63) is 95.1 Å². The van der Waals surface area contributed by atoms with E-state index in [0.717, 1.165) is 22.4 Å². The van der Waals surface area contributed by atoms with Gasteiger partial charge in [0, 0.05) is 0 Å². The van der Waals surface area contributed by atoms with Gasteiger partial charge in [0.05, 0.1) is 10.6 Å². The molecule has 3 nitrogen and oxygen atoms in total. The summed E-state index contributed by atoms with van der Waals surface area (Å²) in [6.45, 7) is 0. The van der Waals surface area contributed by atoms with E-state index in [1.165, 1.54) is 23.9 Å². The minimum atomic E-state index is -0.252. The van der Waals surface area contributed by atoms with E-state index >= 15 is 0 Å². The predicted octanol–water partition coefficient (Wildman–Crippen LogP) is 5.38. The van der Waals surface area contributed by atoms with Gasteiger partial charge in [0.1, 0.15) is 5.82 Å². The van der Waals surface area contributed by atoms with Crippen molar-refractivity contribution in [2.45, 2.75) is 0 Å². The molecule has 1 aliphatic rings. The number of para-hydroxylation sites is 1. The van der Waals surface area contributed by atoms with Gasteiger partial charge in [-0.05, 0) is 58.8 Å². The number of rotatable bonds is 3. The van der Waals surface area contributed by atoms with Crippen molar-refractivity contribution in [1.29, 1.82) is 0 Å². The van der Waals surface area contributed by atoms with Crippen LogP contribution in [0.1, 0.15) is 5.56 Å². The molecule has 1 amide bonds. The van der Waals surface area contributed by atoms with Crippen molar-refractivity contribution >= 4 is 34.6 Å². The van der Waals surface area contributed by atoms with Crippen molar-refractivity contribution in [3.8, 4) is 11.1 Å². The molecule has 1 N–H and O–H groups in total. The normalized spacial score (nSPS) is 16.7. The van der Waals surface area contributed by atoms with E-state index in [4.69, 9.17) is 0 Å². The molecule has 3 aromatic carbocycles. The largest absolute Gasteiger partial charge is 0.300 e. The van der Waals surface area contributed by atoms with Crippen molar-refractivity contribution < 1.29 is 9.18 Å². The summed E-state index contributed by atoms with van der Waals surface area (Å²) in [5, 5.41) is 3.36. The lowest BCUT2D eigenvalue weighted by Crippen LogP contribution is -2.19. The monoisotopic (exact) mass is 374 g/mol. The van der Waals surface area contributed by atoms with Gasteiger partial charge in [0.15, 0.2) is 5.17 Å². The number of benzene rings is 3. The van der Waals surface area contributed by atoms with Crippen molar-refractivity contribution in [2.75, 3.05) is 0 Å². The highest BCUT2D eigenvalue weighted by Crippen LogP contribution is 2.28. The van der Waals surface area contributed by atoms with Gasteiger partial charge < -0.3 is 5.32 Å². The summed E-state index contributed by atoms with van der Waals surface area (Å²) in [5.74, 6) is -0.408. The summed E-state index contributed by atoms with van der Waals surface area (Å²) in [4.78, 5) is 17.2. The maximum absolute atomic E-state index is 13.0. The van der Waals surface area contributed by atoms with Crippen molar-refractivity contribution in [2.24, 2.45) is 4.99 Å². The van der Waals surface area contributed by atoms with Crippen LogP contribution in [0.3, 0.4) is 0 Å². The lowest BCUT2D eigenvalue weighted by Gasteiger charge is -2.02. The molecular formula is C22H15FN2OS. The number of nitrogens with one attached hydrogen (secondary N) is 1. The van der Waals surface area contributed by atoms with Gasteiger partial charge in [0.2, 0.25) is 0 Å². The van der Waals surface area contributed by atoms with E-state index in [-0.39, 0.29) is 11.7 Å². The predicted molar refractivity (Wildman–Crippen MR) is 109 cm³/mol. The van der Waals surface area contributed by atoms with E-state index in [1.54, 1.807) is 12.1 Å². The highest BCUT2D eigenvalue weighted by molar-refractivity contribution is 8.18. The second-order valence-electron chi connectivity index (χ2n) is 5.95. The Balaban J connectivity index is 1.52. The number of carbonyl (C=O) groups excluding carboxylic acids is 1. The maximum Gasteiger partial charge on any atom is 0.264 e. The molecule has 0 atom stereocenters. The van der Waals surface area contributed by atoms with E-state index in [9.17, 15) is 9.18 Å². The maximum atomic E-state index is 13.0. The number of halogens is 1. The number of hydrogen-bond donors (Lipinski definition) is 1.